The maximum absolute atomic E-state index is 8.38. The van der Waals surface area contributed by atoms with Crippen LogP contribution in [-0.4, -0.2) is 23.3 Å². The Morgan fingerprint density at radius 3 is 2.50 bits per heavy atom. The molecule has 98 valence electrons. The van der Waals surface area contributed by atoms with Gasteiger partial charge in [-0.1, -0.05) is 13.7 Å². The molecule has 0 N–H and O–H groups in total. The first-order valence-electron chi connectivity index (χ1n) is 10.6. The third kappa shape index (κ3) is 2.32. The number of aromatic nitrogens is 1. The van der Waals surface area contributed by atoms with Gasteiger partial charge in [0.15, 0.2) is 0 Å². The Morgan fingerprint density at radius 1 is 1.33 bits per heavy atom. The highest BCUT2D eigenvalue weighted by molar-refractivity contribution is 6.61. The summed E-state index contributed by atoms with van der Waals surface area (Å²) in [5.74, 6) is -3.30. The molecule has 3 nitrogen and oxygen atoms in total. The molecule has 18 heavy (non-hydrogen) atoms. The van der Waals surface area contributed by atoms with E-state index in [2.05, 4.69) is 4.98 Å². The first-order chi connectivity index (χ1) is 12.3. The summed E-state index contributed by atoms with van der Waals surface area (Å²) >= 11 is 0. The van der Waals surface area contributed by atoms with E-state index < -0.39 is 61.7 Å². The van der Waals surface area contributed by atoms with Gasteiger partial charge in [-0.25, -0.2) is 0 Å². The van der Waals surface area contributed by atoms with Crippen LogP contribution in [0.3, 0.4) is 0 Å². The second-order valence-corrected chi connectivity index (χ2v) is 5.20. The van der Waals surface area contributed by atoms with Gasteiger partial charge in [-0.15, -0.1) is 0 Å². The summed E-state index contributed by atoms with van der Waals surface area (Å²) in [6, 6.07) is -1.66. The highest BCUT2D eigenvalue weighted by atomic mass is 16.7. The van der Waals surface area contributed by atoms with E-state index in [1.807, 2.05) is 0 Å². The largest absolute Gasteiger partial charge is 0.514 e. The van der Waals surface area contributed by atoms with E-state index in [4.69, 9.17) is 23.0 Å². The van der Waals surface area contributed by atoms with Crippen LogP contribution >= 0.6 is 0 Å². The van der Waals surface area contributed by atoms with E-state index >= 15 is 0 Å². The summed E-state index contributed by atoms with van der Waals surface area (Å²) in [6.07, 6.45) is -0.763. The second-order valence-electron chi connectivity index (χ2n) is 5.20. The van der Waals surface area contributed by atoms with Gasteiger partial charge in [-0.2, -0.15) is 0 Å². The predicted molar refractivity (Wildman–Crippen MR) is 74.0 cm³/mol. The molecule has 1 aliphatic heterocycles. The van der Waals surface area contributed by atoms with E-state index in [0.29, 0.717) is 0 Å². The maximum Gasteiger partial charge on any atom is 0.514 e. The summed E-state index contributed by atoms with van der Waals surface area (Å²) in [6.45, 7) is 0.139. The Labute approximate surface area is 124 Å². The fourth-order valence-corrected chi connectivity index (χ4v) is 1.52. The van der Waals surface area contributed by atoms with Gasteiger partial charge in [0.05, 0.1) is 20.9 Å². The molecule has 1 saturated heterocycles. The zero-order valence-corrected chi connectivity index (χ0v) is 10.8. The lowest BCUT2D eigenvalue weighted by molar-refractivity contribution is 0.00578. The van der Waals surface area contributed by atoms with Crippen LogP contribution in [0.1, 0.15) is 66.6 Å². The number of hydrogen-bond acceptors (Lipinski definition) is 3. The summed E-state index contributed by atoms with van der Waals surface area (Å²) in [5.41, 5.74) is -2.92. The van der Waals surface area contributed by atoms with Crippen molar-refractivity contribution < 1.29 is 23.0 Å². The first-order valence-corrected chi connectivity index (χ1v) is 5.62. The quantitative estimate of drug-likeness (QED) is 0.763. The molecule has 0 aliphatic carbocycles. The smallest absolute Gasteiger partial charge is 0.398 e. The van der Waals surface area contributed by atoms with Crippen LogP contribution < -0.4 is 5.59 Å². The SMILES string of the molecule is [2H]c1nc(B2OC(C)(C)C(C)(C)O2)c([2H])c(C([2H])(C([2H])([2H])[2H])C([2H])([2H])[2H])c1[2H]. The highest BCUT2D eigenvalue weighted by Gasteiger charge is 2.52. The standard InChI is InChI=1S/C14H22BNO2/c1-10(2)11-7-8-16-12(9-11)15-17-13(3,4)14(5,6)18-15/h7-10H,1-6H3/i1D3,2D3,7D,8D,9D,10D. The van der Waals surface area contributed by atoms with Crippen LogP contribution in [0.2, 0.25) is 0 Å². The van der Waals surface area contributed by atoms with Crippen molar-refractivity contribution in [3.8, 4) is 0 Å². The molecule has 0 bridgehead atoms. The molecule has 0 atom stereocenters. The monoisotopic (exact) mass is 257 g/mol. The summed E-state index contributed by atoms with van der Waals surface area (Å²) in [5, 5.41) is 0. The molecule has 1 aromatic rings. The average molecular weight is 257 g/mol. The number of hydrogen-bond donors (Lipinski definition) is 0. The zero-order chi connectivity index (χ0) is 22.1. The minimum Gasteiger partial charge on any atom is -0.398 e. The molecule has 0 amide bonds. The molecule has 4 heteroatoms. The fraction of sp³-hybridized carbons (Fsp3) is 0.643. The van der Waals surface area contributed by atoms with Gasteiger partial charge in [0, 0.05) is 15.8 Å². The topological polar surface area (TPSA) is 31.4 Å². The minimum atomic E-state index is -3.40. The maximum atomic E-state index is 8.38. The van der Waals surface area contributed by atoms with Crippen molar-refractivity contribution in [1.82, 2.24) is 4.98 Å². The van der Waals surface area contributed by atoms with Gasteiger partial charge in [-0.3, -0.25) is 4.98 Å². The lowest BCUT2D eigenvalue weighted by Gasteiger charge is -2.32. The molecule has 2 heterocycles. The number of nitrogens with zero attached hydrogens (tertiary/aromatic N) is 1. The summed E-state index contributed by atoms with van der Waals surface area (Å²) in [7, 11) is -1.28. The predicted octanol–water partition coefficient (Wildman–Crippen LogP) is 2.50. The van der Waals surface area contributed by atoms with Crippen LogP contribution in [0.25, 0.3) is 0 Å². The van der Waals surface area contributed by atoms with Crippen molar-refractivity contribution in [3.63, 3.8) is 0 Å². The molecule has 0 radical (unpaired) electrons. The summed E-state index contributed by atoms with van der Waals surface area (Å²) in [4.78, 5) is 3.81. The molecule has 0 saturated carbocycles. The number of pyridine rings is 1. The van der Waals surface area contributed by atoms with Gasteiger partial charge in [-0.05, 0) is 51.2 Å². The molecule has 1 fully saturated rings. The second kappa shape index (κ2) is 4.35. The van der Waals surface area contributed by atoms with Crippen LogP contribution in [0, 0.1) is 0 Å². The van der Waals surface area contributed by atoms with Crippen molar-refractivity contribution in [2.75, 3.05) is 0 Å². The van der Waals surface area contributed by atoms with Crippen molar-refractivity contribution in [3.05, 3.63) is 23.8 Å². The molecule has 2 rings (SSSR count). The van der Waals surface area contributed by atoms with E-state index in [1.54, 1.807) is 27.7 Å². The van der Waals surface area contributed by atoms with Gasteiger partial charge in [0.2, 0.25) is 0 Å². The minimum absolute atomic E-state index is 0.334. The fourth-order valence-electron chi connectivity index (χ4n) is 1.52. The van der Waals surface area contributed by atoms with Crippen molar-refractivity contribution in [2.45, 2.75) is 58.5 Å². The Morgan fingerprint density at radius 2 is 1.94 bits per heavy atom. The van der Waals surface area contributed by atoms with Crippen LogP contribution in [0.5, 0.6) is 0 Å². The van der Waals surface area contributed by atoms with E-state index in [1.165, 1.54) is 0 Å². The lowest BCUT2D eigenvalue weighted by atomic mass is 9.82. The van der Waals surface area contributed by atoms with Crippen molar-refractivity contribution in [1.29, 1.82) is 0 Å². The van der Waals surface area contributed by atoms with E-state index in [-0.39, 0.29) is 5.59 Å². The first kappa shape index (κ1) is 5.64. The third-order valence-electron chi connectivity index (χ3n) is 3.34. The average Bonchev–Trinajstić information content (AvgIpc) is 2.68. The Balaban J connectivity index is 2.79. The summed E-state index contributed by atoms with van der Waals surface area (Å²) < 4.78 is 89.9. The Bertz CT molecular complexity index is 760. The van der Waals surface area contributed by atoms with Crippen molar-refractivity contribution >= 4 is 12.7 Å². The molecule has 1 aliphatic rings. The molecule has 0 aromatic carbocycles. The van der Waals surface area contributed by atoms with E-state index in [9.17, 15) is 0 Å². The van der Waals surface area contributed by atoms with Crippen LogP contribution in [-0.2, 0) is 9.31 Å². The van der Waals surface area contributed by atoms with Gasteiger partial charge in [0.25, 0.3) is 0 Å². The van der Waals surface area contributed by atoms with Gasteiger partial charge >= 0.3 is 7.12 Å². The normalized spacial score (nSPS) is 31.7. The Kier molecular flexibility index (Phi) is 1.36. The molecule has 1 aromatic heterocycles. The molecular formula is C14H22BNO2. The third-order valence-corrected chi connectivity index (χ3v) is 3.34. The van der Waals surface area contributed by atoms with Crippen molar-refractivity contribution in [2.24, 2.45) is 0 Å². The molecule has 0 unspecified atom stereocenters. The molecule has 0 spiro atoms. The Hall–Kier alpha value is -0.865. The van der Waals surface area contributed by atoms with E-state index in [0.717, 1.165) is 0 Å². The van der Waals surface area contributed by atoms with Crippen LogP contribution in [0.4, 0.5) is 0 Å². The van der Waals surface area contributed by atoms with Gasteiger partial charge in [0.1, 0.15) is 0 Å². The number of rotatable bonds is 2. The lowest BCUT2D eigenvalue weighted by Crippen LogP contribution is -2.41. The molecular weight excluding hydrogens is 225 g/mol. The van der Waals surface area contributed by atoms with Gasteiger partial charge < -0.3 is 9.31 Å². The highest BCUT2D eigenvalue weighted by Crippen LogP contribution is 2.36. The van der Waals surface area contributed by atoms with Crippen LogP contribution in [0.15, 0.2) is 18.3 Å². The zero-order valence-electron chi connectivity index (χ0n) is 20.8.